The molecule has 0 fully saturated rings. The van der Waals surface area contributed by atoms with Crippen LogP contribution in [0.2, 0.25) is 0 Å². The van der Waals surface area contributed by atoms with E-state index in [0.717, 1.165) is 29.5 Å². The molecule has 0 atom stereocenters. The number of ether oxygens (including phenoxy) is 1. The van der Waals surface area contributed by atoms with E-state index in [0.29, 0.717) is 0 Å². The lowest BCUT2D eigenvalue weighted by Gasteiger charge is -2.03. The van der Waals surface area contributed by atoms with Crippen molar-refractivity contribution in [3.8, 4) is 11.1 Å². The van der Waals surface area contributed by atoms with Crippen molar-refractivity contribution in [2.45, 2.75) is 0 Å². The number of halogens is 2. The van der Waals surface area contributed by atoms with Crippen LogP contribution in [-0.2, 0) is 4.74 Å². The van der Waals surface area contributed by atoms with Crippen LogP contribution in [0, 0.1) is 11.6 Å². The summed E-state index contributed by atoms with van der Waals surface area (Å²) in [6.45, 7) is 0. The second kappa shape index (κ2) is 4.73. The minimum atomic E-state index is -0.600. The van der Waals surface area contributed by atoms with Crippen molar-refractivity contribution in [2.24, 2.45) is 0 Å². The highest BCUT2D eigenvalue weighted by Crippen LogP contribution is 2.36. The molecular formula is C12H9F2NO2S. The molecule has 0 aliphatic carbocycles. The largest absolute Gasteiger partial charge is 0.465 e. The first kappa shape index (κ1) is 12.5. The SMILES string of the molecule is COC(=O)c1scc(-c2cc(F)ccc2F)c1N. The van der Waals surface area contributed by atoms with E-state index in [9.17, 15) is 13.6 Å². The summed E-state index contributed by atoms with van der Waals surface area (Å²) < 4.78 is 31.2. The van der Waals surface area contributed by atoms with Crippen LogP contribution in [0.4, 0.5) is 14.5 Å². The molecule has 0 aliphatic heterocycles. The number of thiophene rings is 1. The fourth-order valence-corrected chi connectivity index (χ4v) is 2.44. The number of anilines is 1. The van der Waals surface area contributed by atoms with Gasteiger partial charge in [-0.3, -0.25) is 0 Å². The standard InChI is InChI=1S/C12H9F2NO2S/c1-17-12(16)11-10(15)8(5-18-11)7-4-6(13)2-3-9(7)14/h2-5H,15H2,1H3. The summed E-state index contributed by atoms with van der Waals surface area (Å²) in [4.78, 5) is 11.5. The Balaban J connectivity index is 2.55. The Morgan fingerprint density at radius 2 is 2.06 bits per heavy atom. The number of hydrogen-bond acceptors (Lipinski definition) is 4. The average Bonchev–Trinajstić information content (AvgIpc) is 2.73. The molecular weight excluding hydrogens is 260 g/mol. The van der Waals surface area contributed by atoms with Crippen LogP contribution in [0.25, 0.3) is 11.1 Å². The Bertz CT molecular complexity index is 610. The molecule has 1 aromatic carbocycles. The maximum Gasteiger partial charge on any atom is 0.350 e. The van der Waals surface area contributed by atoms with E-state index in [1.807, 2.05) is 0 Å². The third kappa shape index (κ3) is 2.06. The number of benzene rings is 1. The molecule has 18 heavy (non-hydrogen) atoms. The normalized spacial score (nSPS) is 10.4. The smallest absolute Gasteiger partial charge is 0.350 e. The summed E-state index contributed by atoms with van der Waals surface area (Å²) in [5.74, 6) is -1.77. The molecule has 1 aromatic heterocycles. The lowest BCUT2D eigenvalue weighted by Crippen LogP contribution is -2.02. The van der Waals surface area contributed by atoms with E-state index in [2.05, 4.69) is 4.74 Å². The summed E-state index contributed by atoms with van der Waals surface area (Å²) in [6, 6.07) is 3.07. The second-order valence-corrected chi connectivity index (χ2v) is 4.39. The molecule has 0 unspecified atom stereocenters. The summed E-state index contributed by atoms with van der Waals surface area (Å²) >= 11 is 1.03. The Morgan fingerprint density at radius 1 is 1.33 bits per heavy atom. The van der Waals surface area contributed by atoms with E-state index in [4.69, 9.17) is 5.73 Å². The molecule has 0 spiro atoms. The van der Waals surface area contributed by atoms with Crippen LogP contribution in [0.1, 0.15) is 9.67 Å². The molecule has 2 N–H and O–H groups in total. The fourth-order valence-electron chi connectivity index (χ4n) is 1.53. The van der Waals surface area contributed by atoms with Gasteiger partial charge in [-0.2, -0.15) is 0 Å². The van der Waals surface area contributed by atoms with Crippen LogP contribution < -0.4 is 5.73 Å². The van der Waals surface area contributed by atoms with E-state index in [1.54, 1.807) is 0 Å². The number of rotatable bonds is 2. The lowest BCUT2D eigenvalue weighted by molar-refractivity contribution is 0.0607. The Morgan fingerprint density at radius 3 is 2.72 bits per heavy atom. The van der Waals surface area contributed by atoms with Gasteiger partial charge in [-0.05, 0) is 18.2 Å². The summed E-state index contributed by atoms with van der Waals surface area (Å²) in [7, 11) is 1.23. The molecule has 0 aliphatic rings. The lowest BCUT2D eigenvalue weighted by atomic mass is 10.1. The molecule has 0 saturated heterocycles. The minimum absolute atomic E-state index is 0.0268. The van der Waals surface area contributed by atoms with Gasteiger partial charge in [-0.15, -0.1) is 11.3 Å². The first-order valence-corrected chi connectivity index (χ1v) is 5.83. The monoisotopic (exact) mass is 269 g/mol. The first-order valence-electron chi connectivity index (χ1n) is 4.95. The first-order chi connectivity index (χ1) is 8.54. The number of carbonyl (C=O) groups is 1. The molecule has 0 bridgehead atoms. The Labute approximate surface area is 106 Å². The van der Waals surface area contributed by atoms with Crippen LogP contribution in [-0.4, -0.2) is 13.1 Å². The third-order valence-corrected chi connectivity index (χ3v) is 3.39. The zero-order valence-corrected chi connectivity index (χ0v) is 10.2. The van der Waals surface area contributed by atoms with Gasteiger partial charge in [0, 0.05) is 16.5 Å². The molecule has 1 heterocycles. The maximum absolute atomic E-state index is 13.6. The van der Waals surface area contributed by atoms with Crippen molar-refractivity contribution in [1.29, 1.82) is 0 Å². The highest BCUT2D eigenvalue weighted by Gasteiger charge is 2.19. The van der Waals surface area contributed by atoms with E-state index in [1.165, 1.54) is 12.5 Å². The molecule has 2 aromatic rings. The van der Waals surface area contributed by atoms with Crippen molar-refractivity contribution in [2.75, 3.05) is 12.8 Å². The minimum Gasteiger partial charge on any atom is -0.465 e. The van der Waals surface area contributed by atoms with Gasteiger partial charge < -0.3 is 10.5 Å². The number of hydrogen-bond donors (Lipinski definition) is 1. The second-order valence-electron chi connectivity index (χ2n) is 3.51. The summed E-state index contributed by atoms with van der Waals surface area (Å²) in [5, 5.41) is 1.50. The Kier molecular flexibility index (Phi) is 3.29. The summed E-state index contributed by atoms with van der Waals surface area (Å²) in [5.41, 5.74) is 6.16. The van der Waals surface area contributed by atoms with Gasteiger partial charge in [0.25, 0.3) is 0 Å². The maximum atomic E-state index is 13.6. The number of esters is 1. The highest BCUT2D eigenvalue weighted by atomic mass is 32.1. The Hall–Kier alpha value is -1.95. The number of nitrogens with two attached hydrogens (primary N) is 1. The van der Waals surface area contributed by atoms with Gasteiger partial charge in [0.05, 0.1) is 12.8 Å². The van der Waals surface area contributed by atoms with Crippen LogP contribution in [0.5, 0.6) is 0 Å². The number of carbonyl (C=O) groups excluding carboxylic acids is 1. The molecule has 94 valence electrons. The molecule has 3 nitrogen and oxygen atoms in total. The molecule has 2 rings (SSSR count). The molecule has 0 radical (unpaired) electrons. The predicted octanol–water partition coefficient (Wildman–Crippen LogP) is 3.06. The topological polar surface area (TPSA) is 52.3 Å². The zero-order chi connectivity index (χ0) is 13.3. The van der Waals surface area contributed by atoms with Crippen molar-refractivity contribution < 1.29 is 18.3 Å². The van der Waals surface area contributed by atoms with Crippen LogP contribution in [0.3, 0.4) is 0 Å². The fraction of sp³-hybridized carbons (Fsp3) is 0.0833. The summed E-state index contributed by atoms with van der Waals surface area (Å²) in [6.07, 6.45) is 0. The quantitative estimate of drug-likeness (QED) is 0.852. The van der Waals surface area contributed by atoms with Crippen molar-refractivity contribution in [1.82, 2.24) is 0 Å². The van der Waals surface area contributed by atoms with E-state index >= 15 is 0 Å². The molecule has 0 saturated carbocycles. The van der Waals surface area contributed by atoms with Crippen molar-refractivity contribution in [3.05, 3.63) is 40.1 Å². The van der Waals surface area contributed by atoms with Crippen LogP contribution >= 0.6 is 11.3 Å². The molecule has 0 amide bonds. The van der Waals surface area contributed by atoms with Crippen molar-refractivity contribution >= 4 is 23.0 Å². The van der Waals surface area contributed by atoms with Gasteiger partial charge in [-0.25, -0.2) is 13.6 Å². The van der Waals surface area contributed by atoms with Gasteiger partial charge in [0.1, 0.15) is 16.5 Å². The highest BCUT2D eigenvalue weighted by molar-refractivity contribution is 7.13. The van der Waals surface area contributed by atoms with Gasteiger partial charge >= 0.3 is 5.97 Å². The third-order valence-electron chi connectivity index (χ3n) is 2.42. The van der Waals surface area contributed by atoms with Gasteiger partial charge in [0.2, 0.25) is 0 Å². The zero-order valence-electron chi connectivity index (χ0n) is 9.37. The predicted molar refractivity (Wildman–Crippen MR) is 65.4 cm³/mol. The number of methoxy groups -OCH3 is 1. The van der Waals surface area contributed by atoms with Crippen LogP contribution in [0.15, 0.2) is 23.6 Å². The number of nitrogen functional groups attached to an aromatic ring is 1. The van der Waals surface area contributed by atoms with E-state index < -0.39 is 17.6 Å². The van der Waals surface area contributed by atoms with E-state index in [-0.39, 0.29) is 21.7 Å². The average molecular weight is 269 g/mol. The van der Waals surface area contributed by atoms with Gasteiger partial charge in [0.15, 0.2) is 0 Å². The van der Waals surface area contributed by atoms with Gasteiger partial charge in [-0.1, -0.05) is 0 Å². The molecule has 6 heteroatoms. The van der Waals surface area contributed by atoms with Crippen molar-refractivity contribution in [3.63, 3.8) is 0 Å².